The number of hydrogen-bond donors (Lipinski definition) is 2. The predicted octanol–water partition coefficient (Wildman–Crippen LogP) is 3.87. The number of hydrogen-bond acceptors (Lipinski definition) is 2. The molecule has 5 nitrogen and oxygen atoms in total. The minimum absolute atomic E-state index is 0. The highest BCUT2D eigenvalue weighted by Gasteiger charge is 2.10. The molecule has 2 rings (SSSR count). The molecule has 1 aromatic rings. The molecule has 0 radical (unpaired) electrons. The van der Waals surface area contributed by atoms with Gasteiger partial charge in [0.25, 0.3) is 0 Å². The summed E-state index contributed by atoms with van der Waals surface area (Å²) >= 11 is 5.81. The van der Waals surface area contributed by atoms with Gasteiger partial charge >= 0.3 is 0 Å². The second-order valence-electron chi connectivity index (χ2n) is 5.80. The van der Waals surface area contributed by atoms with E-state index in [1.807, 2.05) is 0 Å². The van der Waals surface area contributed by atoms with Crippen molar-refractivity contribution < 1.29 is 4.79 Å². The maximum Gasteiger partial charge on any atom is 0.224 e. The summed E-state index contributed by atoms with van der Waals surface area (Å²) in [5.41, 5.74) is 6.79. The lowest BCUT2D eigenvalue weighted by Gasteiger charge is -2.21. The molecule has 0 unspecified atom stereocenters. The average molecular weight is 465 g/mol. The molecule has 7 heteroatoms. The number of carbonyl (C=O) groups excluding carboxylic acids is 1. The van der Waals surface area contributed by atoms with E-state index in [1.165, 1.54) is 25.7 Å². The van der Waals surface area contributed by atoms with Crippen LogP contribution in [0.2, 0.25) is 5.02 Å². The second kappa shape index (κ2) is 11.5. The molecule has 1 aromatic carbocycles. The molecule has 1 amide bonds. The number of benzene rings is 1. The molecule has 1 fully saturated rings. The van der Waals surface area contributed by atoms with E-state index in [4.69, 9.17) is 17.3 Å². The Hall–Kier alpha value is -1.02. The number of nitrogens with one attached hydrogen (secondary N) is 1. The maximum atomic E-state index is 11.9. The van der Waals surface area contributed by atoms with Gasteiger partial charge in [-0.25, -0.2) is 0 Å². The first-order chi connectivity index (χ1) is 11.1. The van der Waals surface area contributed by atoms with Crippen LogP contribution >= 0.6 is 35.6 Å². The van der Waals surface area contributed by atoms with Crippen LogP contribution in [0.15, 0.2) is 29.3 Å². The van der Waals surface area contributed by atoms with E-state index < -0.39 is 0 Å². The first kappa shape index (κ1) is 21.0. The van der Waals surface area contributed by atoms with Gasteiger partial charge < -0.3 is 16.0 Å². The fraction of sp³-hybridized carbons (Fsp3) is 0.529. The van der Waals surface area contributed by atoms with Gasteiger partial charge in [-0.05, 0) is 43.5 Å². The van der Waals surface area contributed by atoms with Crippen LogP contribution in [0.5, 0.6) is 0 Å². The largest absolute Gasteiger partial charge is 0.370 e. The van der Waals surface area contributed by atoms with Crippen LogP contribution < -0.4 is 11.1 Å². The fourth-order valence-corrected chi connectivity index (χ4v) is 2.72. The van der Waals surface area contributed by atoms with Crippen molar-refractivity contribution in [2.75, 3.05) is 25.0 Å². The van der Waals surface area contributed by atoms with Gasteiger partial charge in [0.15, 0.2) is 5.96 Å². The minimum Gasteiger partial charge on any atom is -0.370 e. The zero-order valence-electron chi connectivity index (χ0n) is 13.8. The monoisotopic (exact) mass is 464 g/mol. The lowest BCUT2D eigenvalue weighted by atomic mass is 10.2. The van der Waals surface area contributed by atoms with E-state index in [0.29, 0.717) is 30.4 Å². The molecule has 134 valence electrons. The number of carbonyl (C=O) groups is 1. The standard InChI is InChI=1S/C17H25ClN4O.HI/c18-14-7-9-15(10-8-14)21-16(23)6-5-11-20-17(19)22-12-3-1-2-4-13-22;/h7-10H,1-6,11-13H2,(H2,19,20)(H,21,23);1H. The van der Waals surface area contributed by atoms with Crippen molar-refractivity contribution in [3.05, 3.63) is 29.3 Å². The Bertz CT molecular complexity index is 528. The normalized spacial score (nSPS) is 15.4. The number of anilines is 1. The van der Waals surface area contributed by atoms with Crippen molar-refractivity contribution >= 4 is 53.1 Å². The highest BCUT2D eigenvalue weighted by Crippen LogP contribution is 2.13. The number of likely N-dealkylation sites (tertiary alicyclic amines) is 1. The minimum atomic E-state index is -0.0177. The van der Waals surface area contributed by atoms with Crippen LogP contribution in [-0.2, 0) is 4.79 Å². The molecule has 0 bridgehead atoms. The van der Waals surface area contributed by atoms with Crippen LogP contribution in [0.1, 0.15) is 38.5 Å². The molecule has 1 heterocycles. The van der Waals surface area contributed by atoms with Crippen molar-refractivity contribution in [2.45, 2.75) is 38.5 Å². The van der Waals surface area contributed by atoms with Crippen molar-refractivity contribution in [3.63, 3.8) is 0 Å². The van der Waals surface area contributed by atoms with E-state index in [2.05, 4.69) is 15.2 Å². The molecule has 3 N–H and O–H groups in total. The van der Waals surface area contributed by atoms with Crippen molar-refractivity contribution in [1.29, 1.82) is 0 Å². The summed E-state index contributed by atoms with van der Waals surface area (Å²) < 4.78 is 0. The Morgan fingerprint density at radius 2 is 1.79 bits per heavy atom. The van der Waals surface area contributed by atoms with Gasteiger partial charge in [0.1, 0.15) is 0 Å². The summed E-state index contributed by atoms with van der Waals surface area (Å²) in [5, 5.41) is 3.50. The average Bonchev–Trinajstić information content (AvgIpc) is 2.83. The van der Waals surface area contributed by atoms with Crippen molar-refractivity contribution in [1.82, 2.24) is 4.90 Å². The van der Waals surface area contributed by atoms with E-state index in [-0.39, 0.29) is 29.9 Å². The predicted molar refractivity (Wildman–Crippen MR) is 111 cm³/mol. The van der Waals surface area contributed by atoms with E-state index in [0.717, 1.165) is 18.8 Å². The zero-order valence-corrected chi connectivity index (χ0v) is 16.9. The lowest BCUT2D eigenvalue weighted by Crippen LogP contribution is -2.38. The summed E-state index contributed by atoms with van der Waals surface area (Å²) in [6, 6.07) is 7.08. The third-order valence-corrected chi connectivity index (χ3v) is 4.15. The number of nitrogens with two attached hydrogens (primary N) is 1. The SMILES string of the molecule is I.NC(=NCCCC(=O)Nc1ccc(Cl)cc1)N1CCCCCC1. The summed E-state index contributed by atoms with van der Waals surface area (Å²) in [6.07, 6.45) is 6.02. The van der Waals surface area contributed by atoms with Gasteiger partial charge in [-0.15, -0.1) is 24.0 Å². The fourth-order valence-electron chi connectivity index (χ4n) is 2.59. The number of guanidine groups is 1. The summed E-state index contributed by atoms with van der Waals surface area (Å²) in [4.78, 5) is 18.4. The molecule has 0 aliphatic carbocycles. The third kappa shape index (κ3) is 7.70. The van der Waals surface area contributed by atoms with Crippen molar-refractivity contribution in [3.8, 4) is 0 Å². The molecular weight excluding hydrogens is 439 g/mol. The Kier molecular flexibility index (Phi) is 10.1. The molecule has 1 aliphatic heterocycles. The zero-order chi connectivity index (χ0) is 16.5. The van der Waals surface area contributed by atoms with Gasteiger partial charge in [0.05, 0.1) is 0 Å². The molecule has 0 saturated carbocycles. The Balaban J connectivity index is 0.00000288. The molecule has 1 aliphatic rings. The van der Waals surface area contributed by atoms with Crippen LogP contribution in [0.4, 0.5) is 5.69 Å². The molecule has 1 saturated heterocycles. The van der Waals surface area contributed by atoms with Gasteiger partial charge in [-0.3, -0.25) is 9.79 Å². The molecule has 0 atom stereocenters. The van der Waals surface area contributed by atoms with Gasteiger partial charge in [0, 0.05) is 36.8 Å². The molecular formula is C17H26ClIN4O. The Labute approximate surface area is 166 Å². The Morgan fingerprint density at radius 3 is 2.42 bits per heavy atom. The highest BCUT2D eigenvalue weighted by molar-refractivity contribution is 14.0. The van der Waals surface area contributed by atoms with Crippen LogP contribution in [0.3, 0.4) is 0 Å². The maximum absolute atomic E-state index is 11.9. The quantitative estimate of drug-likeness (QED) is 0.301. The molecule has 24 heavy (non-hydrogen) atoms. The third-order valence-electron chi connectivity index (χ3n) is 3.89. The first-order valence-corrected chi connectivity index (χ1v) is 8.63. The van der Waals surface area contributed by atoms with Gasteiger partial charge in [-0.1, -0.05) is 24.4 Å². The molecule has 0 spiro atoms. The van der Waals surface area contributed by atoms with E-state index >= 15 is 0 Å². The number of rotatable bonds is 5. The summed E-state index contributed by atoms with van der Waals surface area (Å²) in [6.45, 7) is 2.56. The van der Waals surface area contributed by atoms with Crippen LogP contribution in [0.25, 0.3) is 0 Å². The number of halogens is 2. The van der Waals surface area contributed by atoms with Crippen LogP contribution in [0, 0.1) is 0 Å². The number of amides is 1. The summed E-state index contributed by atoms with van der Waals surface area (Å²) in [5.74, 6) is 0.598. The number of aliphatic imine (C=N–C) groups is 1. The van der Waals surface area contributed by atoms with Gasteiger partial charge in [-0.2, -0.15) is 0 Å². The van der Waals surface area contributed by atoms with E-state index in [9.17, 15) is 4.79 Å². The van der Waals surface area contributed by atoms with Crippen molar-refractivity contribution in [2.24, 2.45) is 10.7 Å². The van der Waals surface area contributed by atoms with Crippen LogP contribution in [-0.4, -0.2) is 36.4 Å². The summed E-state index contributed by atoms with van der Waals surface area (Å²) in [7, 11) is 0. The molecule has 0 aromatic heterocycles. The van der Waals surface area contributed by atoms with E-state index in [1.54, 1.807) is 24.3 Å². The smallest absolute Gasteiger partial charge is 0.224 e. The number of nitrogens with zero attached hydrogens (tertiary/aromatic N) is 2. The topological polar surface area (TPSA) is 70.7 Å². The Morgan fingerprint density at radius 1 is 1.17 bits per heavy atom. The first-order valence-electron chi connectivity index (χ1n) is 8.25. The van der Waals surface area contributed by atoms with Gasteiger partial charge in [0.2, 0.25) is 5.91 Å². The highest BCUT2D eigenvalue weighted by atomic mass is 127. The second-order valence-corrected chi connectivity index (χ2v) is 6.24. The lowest BCUT2D eigenvalue weighted by molar-refractivity contribution is -0.116.